The van der Waals surface area contributed by atoms with Crippen molar-refractivity contribution in [3.05, 3.63) is 71.3 Å². The topological polar surface area (TPSA) is 46.3 Å². The molecule has 0 aromatic heterocycles. The predicted molar refractivity (Wildman–Crippen MR) is 76.6 cm³/mol. The molecule has 0 aliphatic heterocycles. The summed E-state index contributed by atoms with van der Waals surface area (Å²) in [6, 6.07) is 17.4. The van der Waals surface area contributed by atoms with E-state index in [0.29, 0.717) is 18.7 Å². The molecule has 0 bridgehead atoms. The van der Waals surface area contributed by atoms with E-state index in [-0.39, 0.29) is 5.91 Å². The second-order valence-electron chi connectivity index (χ2n) is 4.51. The van der Waals surface area contributed by atoms with Crippen LogP contribution in [0.2, 0.25) is 0 Å². The third-order valence-corrected chi connectivity index (χ3v) is 3.08. The third kappa shape index (κ3) is 3.20. The number of nitrogens with two attached hydrogens (primary N) is 1. The molecule has 3 heteroatoms. The molecule has 0 aliphatic carbocycles. The van der Waals surface area contributed by atoms with E-state index in [2.05, 4.69) is 0 Å². The van der Waals surface area contributed by atoms with Gasteiger partial charge in [0.1, 0.15) is 0 Å². The van der Waals surface area contributed by atoms with Gasteiger partial charge in [0.2, 0.25) is 0 Å². The SMILES string of the molecule is CN(Cc1ccccc1)C(=O)c1ccccc1CN. The summed E-state index contributed by atoms with van der Waals surface area (Å²) in [4.78, 5) is 14.1. The van der Waals surface area contributed by atoms with Crippen molar-refractivity contribution >= 4 is 5.91 Å². The highest BCUT2D eigenvalue weighted by atomic mass is 16.2. The summed E-state index contributed by atoms with van der Waals surface area (Å²) in [7, 11) is 1.81. The molecule has 3 nitrogen and oxygen atoms in total. The van der Waals surface area contributed by atoms with E-state index in [4.69, 9.17) is 5.73 Å². The molecule has 19 heavy (non-hydrogen) atoms. The summed E-state index contributed by atoms with van der Waals surface area (Å²) in [5.41, 5.74) is 8.35. The summed E-state index contributed by atoms with van der Waals surface area (Å²) in [6.45, 7) is 0.972. The smallest absolute Gasteiger partial charge is 0.254 e. The van der Waals surface area contributed by atoms with Crippen LogP contribution in [0.1, 0.15) is 21.5 Å². The third-order valence-electron chi connectivity index (χ3n) is 3.08. The Morgan fingerprint density at radius 2 is 1.68 bits per heavy atom. The molecule has 0 saturated heterocycles. The number of rotatable bonds is 4. The monoisotopic (exact) mass is 254 g/mol. The first-order chi connectivity index (χ1) is 9.22. The maximum Gasteiger partial charge on any atom is 0.254 e. The summed E-state index contributed by atoms with van der Waals surface area (Å²) >= 11 is 0. The van der Waals surface area contributed by atoms with E-state index in [9.17, 15) is 4.79 Å². The largest absolute Gasteiger partial charge is 0.337 e. The number of hydrogen-bond donors (Lipinski definition) is 1. The lowest BCUT2D eigenvalue weighted by molar-refractivity contribution is 0.0784. The first kappa shape index (κ1) is 13.3. The molecular weight excluding hydrogens is 236 g/mol. The zero-order valence-electron chi connectivity index (χ0n) is 11.0. The van der Waals surface area contributed by atoms with E-state index in [1.54, 1.807) is 4.90 Å². The Morgan fingerprint density at radius 1 is 1.05 bits per heavy atom. The summed E-state index contributed by atoms with van der Waals surface area (Å²) in [6.07, 6.45) is 0. The van der Waals surface area contributed by atoms with E-state index < -0.39 is 0 Å². The van der Waals surface area contributed by atoms with Gasteiger partial charge >= 0.3 is 0 Å². The second kappa shape index (κ2) is 6.16. The number of hydrogen-bond acceptors (Lipinski definition) is 2. The zero-order chi connectivity index (χ0) is 13.7. The molecule has 2 aromatic rings. The summed E-state index contributed by atoms with van der Waals surface area (Å²) in [5, 5.41) is 0. The van der Waals surface area contributed by atoms with E-state index in [0.717, 1.165) is 11.1 Å². The molecule has 0 atom stereocenters. The number of carbonyl (C=O) groups is 1. The van der Waals surface area contributed by atoms with Crippen LogP contribution in [0.5, 0.6) is 0 Å². The van der Waals surface area contributed by atoms with Crippen LogP contribution in [0.25, 0.3) is 0 Å². The van der Waals surface area contributed by atoms with Crippen LogP contribution >= 0.6 is 0 Å². The normalized spacial score (nSPS) is 10.2. The van der Waals surface area contributed by atoms with Gasteiger partial charge in [-0.1, -0.05) is 48.5 Å². The second-order valence-corrected chi connectivity index (χ2v) is 4.51. The lowest BCUT2D eigenvalue weighted by atomic mass is 10.1. The van der Waals surface area contributed by atoms with Crippen LogP contribution in [0.3, 0.4) is 0 Å². The number of benzene rings is 2. The number of nitrogens with zero attached hydrogens (tertiary/aromatic N) is 1. The summed E-state index contributed by atoms with van der Waals surface area (Å²) < 4.78 is 0. The first-order valence-corrected chi connectivity index (χ1v) is 6.29. The van der Waals surface area contributed by atoms with Crippen molar-refractivity contribution in [1.82, 2.24) is 4.90 Å². The highest BCUT2D eigenvalue weighted by Gasteiger charge is 2.14. The molecule has 0 unspecified atom stereocenters. The fourth-order valence-corrected chi connectivity index (χ4v) is 2.04. The molecule has 2 aromatic carbocycles. The van der Waals surface area contributed by atoms with Crippen molar-refractivity contribution in [2.24, 2.45) is 5.73 Å². The predicted octanol–water partition coefficient (Wildman–Crippen LogP) is 2.42. The molecule has 2 rings (SSSR count). The van der Waals surface area contributed by atoms with Crippen LogP contribution in [-0.4, -0.2) is 17.9 Å². The fourth-order valence-electron chi connectivity index (χ4n) is 2.04. The average molecular weight is 254 g/mol. The van der Waals surface area contributed by atoms with Gasteiger partial charge in [0.15, 0.2) is 0 Å². The van der Waals surface area contributed by atoms with Gasteiger partial charge in [-0.2, -0.15) is 0 Å². The van der Waals surface area contributed by atoms with Crippen molar-refractivity contribution < 1.29 is 4.79 Å². The maximum absolute atomic E-state index is 12.4. The van der Waals surface area contributed by atoms with Crippen molar-refractivity contribution in [2.75, 3.05) is 7.05 Å². The van der Waals surface area contributed by atoms with Crippen molar-refractivity contribution in [1.29, 1.82) is 0 Å². The minimum absolute atomic E-state index is 0.00454. The van der Waals surface area contributed by atoms with Gasteiger partial charge in [-0.15, -0.1) is 0 Å². The quantitative estimate of drug-likeness (QED) is 0.910. The standard InChI is InChI=1S/C16H18N2O/c1-18(12-13-7-3-2-4-8-13)16(19)15-10-6-5-9-14(15)11-17/h2-10H,11-12,17H2,1H3. The van der Waals surface area contributed by atoms with Crippen LogP contribution < -0.4 is 5.73 Å². The zero-order valence-corrected chi connectivity index (χ0v) is 11.0. The molecule has 98 valence electrons. The van der Waals surface area contributed by atoms with Gasteiger partial charge in [0, 0.05) is 25.7 Å². The Labute approximate surface area is 113 Å². The minimum Gasteiger partial charge on any atom is -0.337 e. The van der Waals surface area contributed by atoms with E-state index in [1.165, 1.54) is 0 Å². The van der Waals surface area contributed by atoms with Crippen LogP contribution in [0, 0.1) is 0 Å². The molecule has 2 N–H and O–H groups in total. The lowest BCUT2D eigenvalue weighted by Crippen LogP contribution is -2.27. The molecule has 0 spiro atoms. The fraction of sp³-hybridized carbons (Fsp3) is 0.188. The Bertz CT molecular complexity index is 552. The molecule has 0 heterocycles. The van der Waals surface area contributed by atoms with Crippen LogP contribution in [-0.2, 0) is 13.1 Å². The Hall–Kier alpha value is -2.13. The van der Waals surface area contributed by atoms with Gasteiger partial charge in [-0.05, 0) is 17.2 Å². The first-order valence-electron chi connectivity index (χ1n) is 6.29. The summed E-state index contributed by atoms with van der Waals surface area (Å²) in [5.74, 6) is 0.00454. The van der Waals surface area contributed by atoms with Gasteiger partial charge in [-0.3, -0.25) is 4.79 Å². The number of amides is 1. The molecule has 1 amide bonds. The van der Waals surface area contributed by atoms with E-state index in [1.807, 2.05) is 61.6 Å². The Morgan fingerprint density at radius 3 is 2.37 bits per heavy atom. The Balaban J connectivity index is 2.15. The van der Waals surface area contributed by atoms with Crippen molar-refractivity contribution in [3.8, 4) is 0 Å². The molecule has 0 saturated carbocycles. The van der Waals surface area contributed by atoms with Crippen LogP contribution in [0.4, 0.5) is 0 Å². The highest BCUT2D eigenvalue weighted by Crippen LogP contribution is 2.12. The minimum atomic E-state index is 0.00454. The average Bonchev–Trinajstić information content (AvgIpc) is 2.47. The van der Waals surface area contributed by atoms with Gasteiger partial charge < -0.3 is 10.6 Å². The van der Waals surface area contributed by atoms with E-state index >= 15 is 0 Å². The highest BCUT2D eigenvalue weighted by molar-refractivity contribution is 5.95. The van der Waals surface area contributed by atoms with Gasteiger partial charge in [0.05, 0.1) is 0 Å². The maximum atomic E-state index is 12.4. The molecular formula is C16H18N2O. The van der Waals surface area contributed by atoms with Gasteiger partial charge in [0.25, 0.3) is 5.91 Å². The van der Waals surface area contributed by atoms with Crippen molar-refractivity contribution in [2.45, 2.75) is 13.1 Å². The molecule has 0 radical (unpaired) electrons. The molecule has 0 fully saturated rings. The lowest BCUT2D eigenvalue weighted by Gasteiger charge is -2.19. The molecule has 0 aliphatic rings. The van der Waals surface area contributed by atoms with Gasteiger partial charge in [-0.25, -0.2) is 0 Å². The number of carbonyl (C=O) groups excluding carboxylic acids is 1. The Kier molecular flexibility index (Phi) is 4.31. The van der Waals surface area contributed by atoms with Crippen LogP contribution in [0.15, 0.2) is 54.6 Å². The van der Waals surface area contributed by atoms with Crippen molar-refractivity contribution in [3.63, 3.8) is 0 Å².